The lowest BCUT2D eigenvalue weighted by molar-refractivity contribution is -0.141. The van der Waals surface area contributed by atoms with Gasteiger partial charge in [0.2, 0.25) is 0 Å². The number of aliphatic carboxylic acids is 1. The minimum absolute atomic E-state index is 0.338. The summed E-state index contributed by atoms with van der Waals surface area (Å²) in [4.78, 5) is 10.2. The lowest BCUT2D eigenvalue weighted by Gasteiger charge is -2.12. The standard InChI is InChI=1S/C10H8F4O2/c11-7-3-1-2-6(4-5-8(15)16)9(7)10(12,13)14/h1-3H,4-5H2,(H,15,16). The van der Waals surface area contributed by atoms with Gasteiger partial charge in [0.1, 0.15) is 5.82 Å². The molecule has 0 fully saturated rings. The first kappa shape index (κ1) is 12.5. The van der Waals surface area contributed by atoms with E-state index in [1.807, 2.05) is 0 Å². The molecule has 0 spiro atoms. The second-order valence-corrected chi connectivity index (χ2v) is 3.17. The molecule has 0 aliphatic rings. The largest absolute Gasteiger partial charge is 0.481 e. The van der Waals surface area contributed by atoms with Crippen molar-refractivity contribution >= 4 is 5.97 Å². The molecule has 0 saturated carbocycles. The topological polar surface area (TPSA) is 37.3 Å². The number of halogens is 4. The minimum atomic E-state index is -4.81. The van der Waals surface area contributed by atoms with Crippen LogP contribution in [-0.4, -0.2) is 11.1 Å². The van der Waals surface area contributed by atoms with Gasteiger partial charge in [-0.05, 0) is 18.1 Å². The molecule has 1 aromatic carbocycles. The van der Waals surface area contributed by atoms with Crippen LogP contribution < -0.4 is 0 Å². The van der Waals surface area contributed by atoms with E-state index in [2.05, 4.69) is 0 Å². The predicted octanol–water partition coefficient (Wildman–Crippen LogP) is 2.86. The first-order valence-corrected chi connectivity index (χ1v) is 4.38. The molecule has 0 aliphatic heterocycles. The molecule has 0 saturated heterocycles. The number of carbonyl (C=O) groups is 1. The maximum absolute atomic E-state index is 13.0. The summed E-state index contributed by atoms with van der Waals surface area (Å²) in [7, 11) is 0. The molecule has 0 bridgehead atoms. The van der Waals surface area contributed by atoms with Crippen molar-refractivity contribution in [1.29, 1.82) is 0 Å². The quantitative estimate of drug-likeness (QED) is 0.819. The number of carboxylic acids is 1. The van der Waals surface area contributed by atoms with Gasteiger partial charge in [0.25, 0.3) is 0 Å². The fraction of sp³-hybridized carbons (Fsp3) is 0.300. The number of benzene rings is 1. The fourth-order valence-corrected chi connectivity index (χ4v) is 1.34. The van der Waals surface area contributed by atoms with Gasteiger partial charge >= 0.3 is 12.1 Å². The highest BCUT2D eigenvalue weighted by Gasteiger charge is 2.36. The number of hydrogen-bond acceptors (Lipinski definition) is 1. The number of aryl methyl sites for hydroxylation is 1. The fourth-order valence-electron chi connectivity index (χ4n) is 1.34. The van der Waals surface area contributed by atoms with Gasteiger partial charge in [-0.25, -0.2) is 4.39 Å². The van der Waals surface area contributed by atoms with Crippen molar-refractivity contribution in [3.05, 3.63) is 35.1 Å². The lowest BCUT2D eigenvalue weighted by Crippen LogP contribution is -2.13. The Hall–Kier alpha value is -1.59. The minimum Gasteiger partial charge on any atom is -0.481 e. The number of alkyl halides is 3. The van der Waals surface area contributed by atoms with E-state index in [1.54, 1.807) is 0 Å². The highest BCUT2D eigenvalue weighted by molar-refractivity contribution is 5.67. The molecule has 6 heteroatoms. The highest BCUT2D eigenvalue weighted by atomic mass is 19.4. The molecule has 0 radical (unpaired) electrons. The van der Waals surface area contributed by atoms with Crippen molar-refractivity contribution in [1.82, 2.24) is 0 Å². The monoisotopic (exact) mass is 236 g/mol. The number of carboxylic acid groups (broad SMARTS) is 1. The molecule has 16 heavy (non-hydrogen) atoms. The smallest absolute Gasteiger partial charge is 0.419 e. The third kappa shape index (κ3) is 2.95. The van der Waals surface area contributed by atoms with Gasteiger partial charge in [-0.1, -0.05) is 12.1 Å². The summed E-state index contributed by atoms with van der Waals surface area (Å²) in [6.07, 6.45) is -5.62. The van der Waals surface area contributed by atoms with E-state index in [4.69, 9.17) is 5.11 Å². The second kappa shape index (κ2) is 4.51. The maximum atomic E-state index is 13.0. The van der Waals surface area contributed by atoms with Gasteiger partial charge in [0.15, 0.2) is 0 Å². The Balaban J connectivity index is 3.08. The summed E-state index contributed by atoms with van der Waals surface area (Å²) >= 11 is 0. The van der Waals surface area contributed by atoms with Crippen LogP contribution in [0.1, 0.15) is 17.5 Å². The Morgan fingerprint density at radius 2 is 1.94 bits per heavy atom. The molecule has 1 aromatic rings. The molecule has 1 rings (SSSR count). The van der Waals surface area contributed by atoms with Gasteiger partial charge in [-0.3, -0.25) is 4.79 Å². The molecular formula is C10H8F4O2. The molecule has 1 N–H and O–H groups in total. The Kier molecular flexibility index (Phi) is 3.51. The zero-order valence-electron chi connectivity index (χ0n) is 8.01. The van der Waals surface area contributed by atoms with E-state index in [9.17, 15) is 22.4 Å². The van der Waals surface area contributed by atoms with Gasteiger partial charge in [0.05, 0.1) is 5.56 Å². The van der Waals surface area contributed by atoms with Gasteiger partial charge < -0.3 is 5.11 Å². The van der Waals surface area contributed by atoms with E-state index in [1.165, 1.54) is 0 Å². The molecule has 2 nitrogen and oxygen atoms in total. The SMILES string of the molecule is O=C(O)CCc1cccc(F)c1C(F)(F)F. The van der Waals surface area contributed by atoms with Crippen LogP contribution in [-0.2, 0) is 17.4 Å². The zero-order valence-corrected chi connectivity index (χ0v) is 8.01. The predicted molar refractivity (Wildman–Crippen MR) is 47.4 cm³/mol. The van der Waals surface area contributed by atoms with Crippen LogP contribution in [0.15, 0.2) is 18.2 Å². The van der Waals surface area contributed by atoms with E-state index >= 15 is 0 Å². The summed E-state index contributed by atoms with van der Waals surface area (Å²) in [5.41, 5.74) is -1.72. The highest BCUT2D eigenvalue weighted by Crippen LogP contribution is 2.34. The van der Waals surface area contributed by atoms with Crippen molar-refractivity contribution in [2.45, 2.75) is 19.0 Å². The van der Waals surface area contributed by atoms with E-state index < -0.39 is 29.9 Å². The Bertz CT molecular complexity index is 398. The Morgan fingerprint density at radius 3 is 2.44 bits per heavy atom. The normalized spacial score (nSPS) is 11.5. The Labute approximate surface area is 88.5 Å². The van der Waals surface area contributed by atoms with Crippen molar-refractivity contribution < 1.29 is 27.5 Å². The summed E-state index contributed by atoms with van der Waals surface area (Å²) < 4.78 is 50.3. The van der Waals surface area contributed by atoms with Gasteiger partial charge in [-0.15, -0.1) is 0 Å². The van der Waals surface area contributed by atoms with Crippen LogP contribution in [0, 0.1) is 5.82 Å². The summed E-state index contributed by atoms with van der Waals surface area (Å²) in [6.45, 7) is 0. The van der Waals surface area contributed by atoms with Crippen molar-refractivity contribution in [2.24, 2.45) is 0 Å². The summed E-state index contributed by atoms with van der Waals surface area (Å²) in [6, 6.07) is 2.91. The molecule has 0 aromatic heterocycles. The average molecular weight is 236 g/mol. The van der Waals surface area contributed by atoms with Gasteiger partial charge in [-0.2, -0.15) is 13.2 Å². The average Bonchev–Trinajstić information content (AvgIpc) is 2.12. The van der Waals surface area contributed by atoms with Crippen LogP contribution in [0.3, 0.4) is 0 Å². The number of rotatable bonds is 3. The van der Waals surface area contributed by atoms with Crippen LogP contribution in [0.2, 0.25) is 0 Å². The first-order chi connectivity index (χ1) is 7.32. The third-order valence-electron chi connectivity index (χ3n) is 1.99. The van der Waals surface area contributed by atoms with Crippen molar-refractivity contribution in [3.8, 4) is 0 Å². The van der Waals surface area contributed by atoms with Crippen LogP contribution in [0.5, 0.6) is 0 Å². The molecule has 0 heterocycles. The lowest BCUT2D eigenvalue weighted by atomic mass is 10.0. The van der Waals surface area contributed by atoms with E-state index in [0.717, 1.165) is 12.1 Å². The van der Waals surface area contributed by atoms with E-state index in [0.29, 0.717) is 6.07 Å². The molecule has 0 atom stereocenters. The summed E-state index contributed by atoms with van der Waals surface area (Å²) in [5.74, 6) is -2.60. The van der Waals surface area contributed by atoms with Crippen LogP contribution in [0.4, 0.5) is 17.6 Å². The molecule has 0 unspecified atom stereocenters. The van der Waals surface area contributed by atoms with Crippen molar-refractivity contribution in [2.75, 3.05) is 0 Å². The Morgan fingerprint density at radius 1 is 1.31 bits per heavy atom. The first-order valence-electron chi connectivity index (χ1n) is 4.38. The summed E-state index contributed by atoms with van der Waals surface area (Å²) in [5, 5.41) is 8.36. The van der Waals surface area contributed by atoms with Crippen LogP contribution in [0.25, 0.3) is 0 Å². The molecule has 88 valence electrons. The molecule has 0 amide bonds. The maximum Gasteiger partial charge on any atom is 0.419 e. The van der Waals surface area contributed by atoms with Crippen molar-refractivity contribution in [3.63, 3.8) is 0 Å². The zero-order chi connectivity index (χ0) is 12.3. The second-order valence-electron chi connectivity index (χ2n) is 3.17. The van der Waals surface area contributed by atoms with Crippen LogP contribution >= 0.6 is 0 Å². The van der Waals surface area contributed by atoms with E-state index in [-0.39, 0.29) is 12.0 Å². The third-order valence-corrected chi connectivity index (χ3v) is 1.99. The molecular weight excluding hydrogens is 228 g/mol. The molecule has 0 aliphatic carbocycles. The number of hydrogen-bond donors (Lipinski definition) is 1. The van der Waals surface area contributed by atoms with Gasteiger partial charge in [0, 0.05) is 6.42 Å².